The SMILES string of the molecule is O=c1[nH]nc2cc(NC3CC4CCC3C4)ncn12. The zero-order chi connectivity index (χ0) is 12.1. The molecule has 0 saturated heterocycles. The van der Waals surface area contributed by atoms with E-state index in [1.807, 2.05) is 6.07 Å². The van der Waals surface area contributed by atoms with Crippen molar-refractivity contribution in [1.82, 2.24) is 19.6 Å². The molecule has 0 radical (unpaired) electrons. The summed E-state index contributed by atoms with van der Waals surface area (Å²) < 4.78 is 1.41. The predicted octanol–water partition coefficient (Wildman–Crippen LogP) is 1.02. The van der Waals surface area contributed by atoms with E-state index in [2.05, 4.69) is 20.5 Å². The van der Waals surface area contributed by atoms with E-state index >= 15 is 0 Å². The van der Waals surface area contributed by atoms with Gasteiger partial charge in [0.05, 0.1) is 0 Å². The van der Waals surface area contributed by atoms with Crippen molar-refractivity contribution in [2.75, 3.05) is 5.32 Å². The summed E-state index contributed by atoms with van der Waals surface area (Å²) in [4.78, 5) is 15.6. The molecule has 2 aliphatic carbocycles. The summed E-state index contributed by atoms with van der Waals surface area (Å²) in [7, 11) is 0. The number of fused-ring (bicyclic) bond motifs is 3. The van der Waals surface area contributed by atoms with Crippen LogP contribution in [0.1, 0.15) is 25.7 Å². The van der Waals surface area contributed by atoms with Gasteiger partial charge in [0.1, 0.15) is 12.1 Å². The largest absolute Gasteiger partial charge is 0.367 e. The first-order valence-electron chi connectivity index (χ1n) is 6.49. The molecule has 2 fully saturated rings. The molecule has 4 rings (SSSR count). The fraction of sp³-hybridized carbons (Fsp3) is 0.583. The molecule has 6 heteroatoms. The molecular weight excluding hydrogens is 230 g/mol. The smallest absolute Gasteiger partial charge is 0.348 e. The van der Waals surface area contributed by atoms with E-state index in [1.165, 1.54) is 36.4 Å². The van der Waals surface area contributed by atoms with Crippen LogP contribution >= 0.6 is 0 Å². The molecule has 18 heavy (non-hydrogen) atoms. The number of hydrogen-bond donors (Lipinski definition) is 2. The topological polar surface area (TPSA) is 75.1 Å². The Morgan fingerprint density at radius 2 is 2.33 bits per heavy atom. The fourth-order valence-corrected chi connectivity index (χ4v) is 3.50. The molecule has 6 nitrogen and oxygen atoms in total. The van der Waals surface area contributed by atoms with Gasteiger partial charge in [0, 0.05) is 12.1 Å². The van der Waals surface area contributed by atoms with Crippen molar-refractivity contribution in [1.29, 1.82) is 0 Å². The number of hydrogen-bond acceptors (Lipinski definition) is 4. The number of H-pyrrole nitrogens is 1. The van der Waals surface area contributed by atoms with Gasteiger partial charge in [0.25, 0.3) is 0 Å². The zero-order valence-corrected chi connectivity index (χ0v) is 9.97. The van der Waals surface area contributed by atoms with Gasteiger partial charge in [-0.25, -0.2) is 19.3 Å². The summed E-state index contributed by atoms with van der Waals surface area (Å²) in [6, 6.07) is 2.37. The van der Waals surface area contributed by atoms with Gasteiger partial charge in [-0.1, -0.05) is 6.42 Å². The summed E-state index contributed by atoms with van der Waals surface area (Å²) in [5.74, 6) is 2.53. The molecule has 94 valence electrons. The van der Waals surface area contributed by atoms with Gasteiger partial charge in [0.15, 0.2) is 5.65 Å². The first-order chi connectivity index (χ1) is 8.79. The molecule has 3 unspecified atom stereocenters. The van der Waals surface area contributed by atoms with Crippen LogP contribution in [0.2, 0.25) is 0 Å². The Hall–Kier alpha value is -1.85. The number of nitrogens with zero attached hydrogens (tertiary/aromatic N) is 3. The fourth-order valence-electron chi connectivity index (χ4n) is 3.50. The van der Waals surface area contributed by atoms with E-state index < -0.39 is 0 Å². The third-order valence-electron chi connectivity index (χ3n) is 4.38. The highest BCUT2D eigenvalue weighted by Gasteiger charge is 2.39. The van der Waals surface area contributed by atoms with Crippen molar-refractivity contribution in [3.63, 3.8) is 0 Å². The van der Waals surface area contributed by atoms with Crippen molar-refractivity contribution >= 4 is 11.5 Å². The zero-order valence-electron chi connectivity index (χ0n) is 9.97. The van der Waals surface area contributed by atoms with Gasteiger partial charge < -0.3 is 5.32 Å². The molecule has 3 atom stereocenters. The number of anilines is 1. The van der Waals surface area contributed by atoms with Gasteiger partial charge in [-0.3, -0.25) is 0 Å². The molecule has 0 amide bonds. The highest BCUT2D eigenvalue weighted by Crippen LogP contribution is 2.45. The van der Waals surface area contributed by atoms with Gasteiger partial charge in [-0.2, -0.15) is 5.10 Å². The van der Waals surface area contributed by atoms with E-state index in [-0.39, 0.29) is 5.69 Å². The third kappa shape index (κ3) is 1.45. The minimum absolute atomic E-state index is 0.246. The normalized spacial score (nSPS) is 30.1. The van der Waals surface area contributed by atoms with E-state index in [4.69, 9.17) is 0 Å². The van der Waals surface area contributed by atoms with Crippen molar-refractivity contribution in [3.05, 3.63) is 22.9 Å². The maximum Gasteiger partial charge on any atom is 0.348 e. The van der Waals surface area contributed by atoms with Crippen molar-refractivity contribution in [2.45, 2.75) is 31.7 Å². The van der Waals surface area contributed by atoms with Crippen LogP contribution in [0.3, 0.4) is 0 Å². The van der Waals surface area contributed by atoms with E-state index in [0.717, 1.165) is 17.7 Å². The van der Waals surface area contributed by atoms with Gasteiger partial charge in [-0.05, 0) is 31.1 Å². The van der Waals surface area contributed by atoms with Crippen LogP contribution in [0.15, 0.2) is 17.2 Å². The molecule has 2 aromatic heterocycles. The highest BCUT2D eigenvalue weighted by molar-refractivity contribution is 5.49. The van der Waals surface area contributed by atoms with E-state index in [1.54, 1.807) is 0 Å². The average Bonchev–Trinajstić information content (AvgIpc) is 3.06. The van der Waals surface area contributed by atoms with Crippen LogP contribution in [0.5, 0.6) is 0 Å². The van der Waals surface area contributed by atoms with Crippen LogP contribution in [-0.4, -0.2) is 25.6 Å². The second-order valence-corrected chi connectivity index (χ2v) is 5.46. The summed E-state index contributed by atoms with van der Waals surface area (Å²) in [5, 5.41) is 9.85. The van der Waals surface area contributed by atoms with E-state index in [0.29, 0.717) is 11.7 Å². The molecule has 2 aliphatic rings. The summed E-state index contributed by atoms with van der Waals surface area (Å²) in [6.07, 6.45) is 6.87. The maximum atomic E-state index is 11.3. The number of nitrogens with one attached hydrogen (secondary N) is 2. The van der Waals surface area contributed by atoms with Crippen LogP contribution in [-0.2, 0) is 0 Å². The predicted molar refractivity (Wildman–Crippen MR) is 66.5 cm³/mol. The lowest BCUT2D eigenvalue weighted by Gasteiger charge is -2.23. The van der Waals surface area contributed by atoms with Gasteiger partial charge >= 0.3 is 5.69 Å². The first-order valence-corrected chi connectivity index (χ1v) is 6.49. The minimum Gasteiger partial charge on any atom is -0.367 e. The van der Waals surface area contributed by atoms with E-state index in [9.17, 15) is 4.79 Å². The molecule has 2 heterocycles. The molecular formula is C12H15N5O. The number of rotatable bonds is 2. The highest BCUT2D eigenvalue weighted by atomic mass is 16.1. The standard InChI is InChI=1S/C12H15N5O/c18-12-16-15-11-5-10(13-6-17(11)12)14-9-4-7-1-2-8(9)3-7/h5-9,14H,1-4H2,(H,16,18). The molecule has 2 saturated carbocycles. The van der Waals surface area contributed by atoms with Crippen molar-refractivity contribution < 1.29 is 0 Å². The number of aromatic nitrogens is 4. The molecule has 2 bridgehead atoms. The summed E-state index contributed by atoms with van der Waals surface area (Å²) in [5.41, 5.74) is 0.365. The molecule has 0 aliphatic heterocycles. The quantitative estimate of drug-likeness (QED) is 0.828. The van der Waals surface area contributed by atoms with Crippen LogP contribution in [0.25, 0.3) is 5.65 Å². The van der Waals surface area contributed by atoms with Crippen molar-refractivity contribution in [3.8, 4) is 0 Å². The third-order valence-corrected chi connectivity index (χ3v) is 4.38. The lowest BCUT2D eigenvalue weighted by atomic mass is 9.95. The monoisotopic (exact) mass is 245 g/mol. The summed E-state index contributed by atoms with van der Waals surface area (Å²) in [6.45, 7) is 0. The Morgan fingerprint density at radius 3 is 3.11 bits per heavy atom. The van der Waals surface area contributed by atoms with Crippen LogP contribution in [0, 0.1) is 11.8 Å². The molecule has 0 aromatic carbocycles. The van der Waals surface area contributed by atoms with Crippen molar-refractivity contribution in [2.24, 2.45) is 11.8 Å². The van der Waals surface area contributed by atoms with Gasteiger partial charge in [-0.15, -0.1) is 0 Å². The lowest BCUT2D eigenvalue weighted by molar-refractivity contribution is 0.439. The molecule has 2 aromatic rings. The lowest BCUT2D eigenvalue weighted by Crippen LogP contribution is -2.26. The Labute approximate surface area is 103 Å². The Kier molecular flexibility index (Phi) is 2.00. The first kappa shape index (κ1) is 10.1. The Bertz CT molecular complexity index is 645. The molecule has 0 spiro atoms. The maximum absolute atomic E-state index is 11.3. The van der Waals surface area contributed by atoms with Crippen LogP contribution in [0.4, 0.5) is 5.82 Å². The Balaban J connectivity index is 1.61. The second-order valence-electron chi connectivity index (χ2n) is 5.46. The van der Waals surface area contributed by atoms with Crippen LogP contribution < -0.4 is 11.0 Å². The summed E-state index contributed by atoms with van der Waals surface area (Å²) >= 11 is 0. The van der Waals surface area contributed by atoms with Gasteiger partial charge in [0.2, 0.25) is 0 Å². The number of aromatic amines is 1. The Morgan fingerprint density at radius 1 is 1.39 bits per heavy atom. The second kappa shape index (κ2) is 3.57. The molecule has 2 N–H and O–H groups in total. The minimum atomic E-state index is -0.246. The average molecular weight is 245 g/mol.